The number of aromatic amines is 2. The molecule has 0 radical (unpaired) electrons. The molecule has 0 bridgehead atoms. The van der Waals surface area contributed by atoms with E-state index in [1.807, 2.05) is 24.3 Å². The minimum atomic E-state index is -0.420. The molecule has 0 saturated heterocycles. The van der Waals surface area contributed by atoms with Gasteiger partial charge in [0.25, 0.3) is 11.2 Å². The number of aromatic nitrogens is 2. The van der Waals surface area contributed by atoms with Crippen molar-refractivity contribution in [2.45, 2.75) is 12.3 Å². The zero-order valence-electron chi connectivity index (χ0n) is 14.6. The van der Waals surface area contributed by atoms with Gasteiger partial charge in [-0.05, 0) is 53.5 Å². The second kappa shape index (κ2) is 6.12. The summed E-state index contributed by atoms with van der Waals surface area (Å²) < 4.78 is 10.9. The highest BCUT2D eigenvalue weighted by Gasteiger charge is 2.29. The first-order valence-corrected chi connectivity index (χ1v) is 8.75. The number of hydrogen-bond donors (Lipinski definition) is 2. The molecule has 2 heterocycles. The molecular weight excluding hydrogens is 362 g/mol. The molecule has 3 aromatic rings. The Morgan fingerprint density at radius 3 is 2.61 bits per heavy atom. The van der Waals surface area contributed by atoms with Gasteiger partial charge in [0.15, 0.2) is 11.5 Å². The zero-order chi connectivity index (χ0) is 19.3. The predicted molar refractivity (Wildman–Crippen MR) is 101 cm³/mol. The molecule has 0 saturated carbocycles. The lowest BCUT2D eigenvalue weighted by molar-refractivity contribution is -0.384. The van der Waals surface area contributed by atoms with Crippen LogP contribution in [-0.4, -0.2) is 21.9 Å². The summed E-state index contributed by atoms with van der Waals surface area (Å²) in [6.45, 7) is 0.188. The summed E-state index contributed by atoms with van der Waals surface area (Å²) in [6, 6.07) is 12.1. The van der Waals surface area contributed by atoms with Crippen molar-refractivity contribution in [3.8, 4) is 11.5 Å². The maximum Gasteiger partial charge on any atom is 0.269 e. The molecule has 0 spiro atoms. The van der Waals surface area contributed by atoms with Gasteiger partial charge >= 0.3 is 0 Å². The van der Waals surface area contributed by atoms with E-state index in [0.717, 1.165) is 16.7 Å². The van der Waals surface area contributed by atoms with E-state index in [9.17, 15) is 14.9 Å². The first-order chi connectivity index (χ1) is 13.6. The Balaban J connectivity index is 1.58. The third-order valence-corrected chi connectivity index (χ3v) is 5.18. The van der Waals surface area contributed by atoms with Gasteiger partial charge in [0, 0.05) is 18.1 Å². The van der Waals surface area contributed by atoms with Crippen LogP contribution in [0.4, 0.5) is 5.69 Å². The topological polar surface area (TPSA) is 110 Å². The minimum Gasteiger partial charge on any atom is -0.454 e. The maximum absolute atomic E-state index is 12.4. The van der Waals surface area contributed by atoms with Gasteiger partial charge in [-0.2, -0.15) is 0 Å². The molecule has 1 aliphatic heterocycles. The van der Waals surface area contributed by atoms with Gasteiger partial charge in [-0.3, -0.25) is 25.1 Å². The van der Waals surface area contributed by atoms with Gasteiger partial charge < -0.3 is 9.47 Å². The fourth-order valence-electron chi connectivity index (χ4n) is 3.81. The fourth-order valence-corrected chi connectivity index (χ4v) is 3.81. The summed E-state index contributed by atoms with van der Waals surface area (Å²) in [6.07, 6.45) is 2.50. The minimum absolute atomic E-state index is 0.0446. The Morgan fingerprint density at radius 1 is 1.04 bits per heavy atom. The highest BCUT2D eigenvalue weighted by atomic mass is 16.7. The van der Waals surface area contributed by atoms with Gasteiger partial charge in [0.2, 0.25) is 6.79 Å². The fraction of sp³-hybridized carbons (Fsp3) is 0.150. The summed E-state index contributed by atoms with van der Waals surface area (Å²) in [5.74, 6) is 1.18. The summed E-state index contributed by atoms with van der Waals surface area (Å²) in [5, 5.41) is 16.5. The molecule has 2 aromatic carbocycles. The van der Waals surface area contributed by atoms with Crippen LogP contribution in [0.1, 0.15) is 34.7 Å². The van der Waals surface area contributed by atoms with Crippen LogP contribution in [0.2, 0.25) is 0 Å². The van der Waals surface area contributed by atoms with Crippen molar-refractivity contribution in [3.63, 3.8) is 0 Å². The van der Waals surface area contributed by atoms with Crippen LogP contribution in [0.5, 0.6) is 11.5 Å². The standard InChI is InChI=1S/C20H15N3O5/c24-20-19-15(12-3-6-17-18(9-12)28-10-27-17)7-13(8-16(19)21-22-20)11-1-4-14(5-2-11)23(25)26/h1-6,8-9,15H,7,10H2,(H2,21,22,24). The third kappa shape index (κ3) is 2.58. The molecule has 140 valence electrons. The van der Waals surface area contributed by atoms with Crippen molar-refractivity contribution in [1.29, 1.82) is 0 Å². The summed E-state index contributed by atoms with van der Waals surface area (Å²) >= 11 is 0. The molecule has 5 rings (SSSR count). The molecule has 1 unspecified atom stereocenters. The highest BCUT2D eigenvalue weighted by molar-refractivity contribution is 5.84. The van der Waals surface area contributed by atoms with Crippen LogP contribution in [-0.2, 0) is 0 Å². The number of rotatable bonds is 3. The number of nitro groups is 1. The second-order valence-electron chi connectivity index (χ2n) is 6.75. The zero-order valence-corrected chi connectivity index (χ0v) is 14.6. The Labute approximate surface area is 158 Å². The second-order valence-corrected chi connectivity index (χ2v) is 6.75. The van der Waals surface area contributed by atoms with E-state index < -0.39 is 4.92 Å². The molecule has 0 fully saturated rings. The predicted octanol–water partition coefficient (Wildman–Crippen LogP) is 3.42. The molecule has 2 N–H and O–H groups in total. The van der Waals surface area contributed by atoms with Crippen LogP contribution in [0, 0.1) is 10.1 Å². The smallest absolute Gasteiger partial charge is 0.269 e. The summed E-state index contributed by atoms with van der Waals surface area (Å²) in [4.78, 5) is 22.9. The normalized spacial score (nSPS) is 17.1. The van der Waals surface area contributed by atoms with Gasteiger partial charge in [0.1, 0.15) is 0 Å². The van der Waals surface area contributed by atoms with Gasteiger partial charge in [-0.25, -0.2) is 0 Å². The number of hydrogen-bond acceptors (Lipinski definition) is 5. The molecule has 1 atom stereocenters. The van der Waals surface area contributed by atoms with Crippen molar-refractivity contribution in [2.24, 2.45) is 0 Å². The number of H-pyrrole nitrogens is 2. The number of non-ortho nitro benzene ring substituents is 1. The Morgan fingerprint density at radius 2 is 1.82 bits per heavy atom. The van der Waals surface area contributed by atoms with E-state index in [1.54, 1.807) is 12.1 Å². The first-order valence-electron chi connectivity index (χ1n) is 8.75. The van der Waals surface area contributed by atoms with Crippen molar-refractivity contribution in [1.82, 2.24) is 10.2 Å². The molecule has 1 aliphatic carbocycles. The number of ether oxygens (including phenoxy) is 2. The SMILES string of the molecule is O=c1[nH][nH]c2c1C(c1ccc3c(c1)OCO3)CC(c1ccc([N+](=O)[O-])cc1)=C2. The number of nitrogens with zero attached hydrogens (tertiary/aromatic N) is 1. The number of nitro benzene ring substituents is 1. The monoisotopic (exact) mass is 377 g/mol. The van der Waals surface area contributed by atoms with E-state index >= 15 is 0 Å². The average Bonchev–Trinajstić information content (AvgIpc) is 3.33. The van der Waals surface area contributed by atoms with Crippen LogP contribution < -0.4 is 15.0 Å². The highest BCUT2D eigenvalue weighted by Crippen LogP contribution is 2.43. The van der Waals surface area contributed by atoms with Crippen molar-refractivity contribution in [3.05, 3.63) is 85.3 Å². The lowest BCUT2D eigenvalue weighted by Crippen LogP contribution is -2.16. The van der Waals surface area contributed by atoms with E-state index in [2.05, 4.69) is 10.2 Å². The number of nitrogens with one attached hydrogen (secondary N) is 2. The first kappa shape index (κ1) is 16.4. The van der Waals surface area contributed by atoms with Crippen LogP contribution >= 0.6 is 0 Å². The summed E-state index contributed by atoms with van der Waals surface area (Å²) in [7, 11) is 0. The Kier molecular flexibility index (Phi) is 3.58. The van der Waals surface area contributed by atoms with Crippen LogP contribution in [0.15, 0.2) is 47.3 Å². The Hall–Kier alpha value is -3.81. The van der Waals surface area contributed by atoms with Crippen molar-refractivity contribution in [2.75, 3.05) is 6.79 Å². The molecule has 2 aliphatic rings. The maximum atomic E-state index is 12.4. The molecule has 8 nitrogen and oxygen atoms in total. The lowest BCUT2D eigenvalue weighted by Gasteiger charge is -2.23. The number of benzene rings is 2. The summed E-state index contributed by atoms with van der Waals surface area (Å²) in [5.41, 5.74) is 4.09. The largest absolute Gasteiger partial charge is 0.454 e. The van der Waals surface area contributed by atoms with Gasteiger partial charge in [-0.1, -0.05) is 6.07 Å². The molecule has 8 heteroatoms. The van der Waals surface area contributed by atoms with E-state index in [-0.39, 0.29) is 24.0 Å². The molecule has 28 heavy (non-hydrogen) atoms. The van der Waals surface area contributed by atoms with Crippen molar-refractivity contribution < 1.29 is 14.4 Å². The average molecular weight is 377 g/mol. The van der Waals surface area contributed by atoms with Crippen LogP contribution in [0.3, 0.4) is 0 Å². The van der Waals surface area contributed by atoms with E-state index in [0.29, 0.717) is 29.2 Å². The lowest BCUT2D eigenvalue weighted by atomic mass is 9.80. The third-order valence-electron chi connectivity index (χ3n) is 5.18. The van der Waals surface area contributed by atoms with E-state index in [4.69, 9.17) is 9.47 Å². The van der Waals surface area contributed by atoms with Crippen LogP contribution in [0.25, 0.3) is 11.6 Å². The van der Waals surface area contributed by atoms with E-state index in [1.165, 1.54) is 12.1 Å². The van der Waals surface area contributed by atoms with Gasteiger partial charge in [-0.15, -0.1) is 0 Å². The van der Waals surface area contributed by atoms with Gasteiger partial charge in [0.05, 0.1) is 16.2 Å². The molecular formula is C20H15N3O5. The number of fused-ring (bicyclic) bond motifs is 2. The molecule has 1 aromatic heterocycles. The quantitative estimate of drug-likeness (QED) is 0.537. The van der Waals surface area contributed by atoms with Crippen molar-refractivity contribution >= 4 is 17.3 Å². The molecule has 0 amide bonds. The number of allylic oxidation sites excluding steroid dienone is 1. The Bertz CT molecular complexity index is 1170.